The molecule has 0 bridgehead atoms. The molecular weight excluding hydrogens is 228 g/mol. The van der Waals surface area contributed by atoms with E-state index in [4.69, 9.17) is 0 Å². The number of hydrogen-bond donors (Lipinski definition) is 0. The first-order valence-corrected chi connectivity index (χ1v) is 5.77. The molecule has 0 atom stereocenters. The maximum absolute atomic E-state index is 11.2. The molecule has 0 saturated heterocycles. The van der Waals surface area contributed by atoms with E-state index in [0.717, 1.165) is 5.56 Å². The monoisotopic (exact) mass is 242 g/mol. The fraction of sp³-hybridized carbons (Fsp3) is 0.455. The Morgan fingerprint density at radius 2 is 1.81 bits per heavy atom. The Balaban J connectivity index is 2.69. The Morgan fingerprint density at radius 1 is 1.25 bits per heavy atom. The summed E-state index contributed by atoms with van der Waals surface area (Å²) in [6.07, 6.45) is 0.394. The molecule has 88 valence electrons. The van der Waals surface area contributed by atoms with Crippen LogP contribution in [0.15, 0.2) is 16.8 Å². The number of thiophene rings is 1. The summed E-state index contributed by atoms with van der Waals surface area (Å²) in [5, 5.41) is 3.84. The highest BCUT2D eigenvalue weighted by atomic mass is 32.1. The molecule has 0 aliphatic carbocycles. The van der Waals surface area contributed by atoms with Crippen LogP contribution in [0.2, 0.25) is 0 Å². The van der Waals surface area contributed by atoms with E-state index in [1.807, 2.05) is 16.8 Å². The zero-order valence-corrected chi connectivity index (χ0v) is 10.1. The second-order valence-electron chi connectivity index (χ2n) is 3.31. The molecule has 0 radical (unpaired) electrons. The van der Waals surface area contributed by atoms with Crippen LogP contribution in [0.25, 0.3) is 0 Å². The average molecular weight is 242 g/mol. The van der Waals surface area contributed by atoms with E-state index in [-0.39, 0.29) is 30.7 Å². The van der Waals surface area contributed by atoms with E-state index < -0.39 is 0 Å². The fourth-order valence-corrected chi connectivity index (χ4v) is 2.13. The number of ether oxygens (including phenoxy) is 2. The Morgan fingerprint density at radius 3 is 2.19 bits per heavy atom. The third-order valence-electron chi connectivity index (χ3n) is 2.30. The highest BCUT2D eigenvalue weighted by Gasteiger charge is 2.20. The molecule has 0 saturated carbocycles. The van der Waals surface area contributed by atoms with Crippen LogP contribution in [0.3, 0.4) is 0 Å². The minimum atomic E-state index is -0.319. The lowest BCUT2D eigenvalue weighted by molar-refractivity contribution is -0.143. The molecule has 0 aromatic carbocycles. The van der Waals surface area contributed by atoms with Crippen molar-refractivity contribution in [3.8, 4) is 0 Å². The van der Waals surface area contributed by atoms with Gasteiger partial charge in [-0.1, -0.05) is 0 Å². The first kappa shape index (κ1) is 12.7. The van der Waals surface area contributed by atoms with Crippen LogP contribution >= 0.6 is 11.3 Å². The van der Waals surface area contributed by atoms with Crippen LogP contribution < -0.4 is 0 Å². The van der Waals surface area contributed by atoms with Gasteiger partial charge >= 0.3 is 11.9 Å². The molecule has 1 rings (SSSR count). The number of hydrogen-bond acceptors (Lipinski definition) is 5. The quantitative estimate of drug-likeness (QED) is 0.741. The van der Waals surface area contributed by atoms with Gasteiger partial charge in [0.05, 0.1) is 27.1 Å². The van der Waals surface area contributed by atoms with E-state index in [0.29, 0.717) is 0 Å². The van der Waals surface area contributed by atoms with E-state index in [9.17, 15) is 9.59 Å². The second-order valence-corrected chi connectivity index (χ2v) is 4.09. The molecule has 1 aromatic heterocycles. The van der Waals surface area contributed by atoms with Gasteiger partial charge in [0.15, 0.2) is 0 Å². The van der Waals surface area contributed by atoms with Crippen LogP contribution in [-0.2, 0) is 19.1 Å². The highest BCUT2D eigenvalue weighted by molar-refractivity contribution is 7.08. The van der Waals surface area contributed by atoms with Gasteiger partial charge in [0.2, 0.25) is 0 Å². The summed E-state index contributed by atoms with van der Waals surface area (Å²) in [7, 11) is 2.68. The lowest BCUT2D eigenvalue weighted by Gasteiger charge is -2.12. The fourth-order valence-electron chi connectivity index (χ4n) is 1.38. The third-order valence-corrected chi connectivity index (χ3v) is 3.00. The van der Waals surface area contributed by atoms with Gasteiger partial charge in [-0.25, -0.2) is 0 Å². The standard InChI is InChI=1S/C11H14O4S/c1-14-10(12)5-9(6-11(13)15-2)8-3-4-16-7-8/h3-4,7,9H,5-6H2,1-2H3. The summed E-state index contributed by atoms with van der Waals surface area (Å²) in [6.45, 7) is 0. The van der Waals surface area contributed by atoms with Crippen molar-refractivity contribution in [3.05, 3.63) is 22.4 Å². The Hall–Kier alpha value is -1.36. The predicted octanol–water partition coefficient (Wildman–Crippen LogP) is 1.96. The van der Waals surface area contributed by atoms with Gasteiger partial charge in [-0.15, -0.1) is 0 Å². The number of methoxy groups -OCH3 is 2. The topological polar surface area (TPSA) is 52.6 Å². The van der Waals surface area contributed by atoms with Gasteiger partial charge < -0.3 is 9.47 Å². The van der Waals surface area contributed by atoms with Gasteiger partial charge in [0, 0.05) is 5.92 Å². The maximum Gasteiger partial charge on any atom is 0.306 e. The second kappa shape index (κ2) is 6.27. The van der Waals surface area contributed by atoms with Crippen molar-refractivity contribution >= 4 is 23.3 Å². The van der Waals surface area contributed by atoms with Crippen LogP contribution in [0.5, 0.6) is 0 Å². The van der Waals surface area contributed by atoms with Crippen molar-refractivity contribution in [2.45, 2.75) is 18.8 Å². The van der Waals surface area contributed by atoms with Crippen molar-refractivity contribution in [3.63, 3.8) is 0 Å². The van der Waals surface area contributed by atoms with Crippen molar-refractivity contribution in [1.29, 1.82) is 0 Å². The normalized spacial score (nSPS) is 10.2. The molecule has 1 heterocycles. The summed E-state index contributed by atoms with van der Waals surface area (Å²) >= 11 is 1.53. The molecule has 1 aromatic rings. The first-order valence-electron chi connectivity index (χ1n) is 4.83. The highest BCUT2D eigenvalue weighted by Crippen LogP contribution is 2.26. The summed E-state index contributed by atoms with van der Waals surface area (Å²) in [4.78, 5) is 22.4. The van der Waals surface area contributed by atoms with Gasteiger partial charge in [-0.3, -0.25) is 9.59 Å². The largest absolute Gasteiger partial charge is 0.469 e. The average Bonchev–Trinajstić information content (AvgIpc) is 2.81. The summed E-state index contributed by atoms with van der Waals surface area (Å²) in [6, 6.07) is 1.90. The van der Waals surface area contributed by atoms with E-state index >= 15 is 0 Å². The minimum absolute atomic E-state index is 0.161. The molecule has 0 aliphatic heterocycles. The molecule has 0 spiro atoms. The Labute approximate surface area is 98.2 Å². The number of carbonyl (C=O) groups excluding carboxylic acids is 2. The number of esters is 2. The zero-order chi connectivity index (χ0) is 12.0. The zero-order valence-electron chi connectivity index (χ0n) is 9.26. The summed E-state index contributed by atoms with van der Waals surface area (Å²) < 4.78 is 9.21. The number of carbonyl (C=O) groups is 2. The van der Waals surface area contributed by atoms with E-state index in [1.54, 1.807) is 0 Å². The smallest absolute Gasteiger partial charge is 0.306 e. The van der Waals surface area contributed by atoms with Gasteiger partial charge in [-0.05, 0) is 22.4 Å². The van der Waals surface area contributed by atoms with Crippen LogP contribution in [0.4, 0.5) is 0 Å². The predicted molar refractivity (Wildman–Crippen MR) is 60.3 cm³/mol. The molecule has 4 nitrogen and oxygen atoms in total. The van der Waals surface area contributed by atoms with Gasteiger partial charge in [-0.2, -0.15) is 11.3 Å². The maximum atomic E-state index is 11.2. The van der Waals surface area contributed by atoms with Crippen molar-refractivity contribution in [2.24, 2.45) is 0 Å². The van der Waals surface area contributed by atoms with Crippen LogP contribution in [-0.4, -0.2) is 26.2 Å². The Kier molecular flexibility index (Phi) is 4.98. The molecule has 16 heavy (non-hydrogen) atoms. The summed E-state index contributed by atoms with van der Waals surface area (Å²) in [5.41, 5.74) is 0.973. The third kappa shape index (κ3) is 3.66. The molecular formula is C11H14O4S. The number of rotatable bonds is 5. The van der Waals surface area contributed by atoms with Gasteiger partial charge in [0.1, 0.15) is 0 Å². The van der Waals surface area contributed by atoms with E-state index in [1.165, 1.54) is 25.6 Å². The molecule has 0 unspecified atom stereocenters. The first-order chi connectivity index (χ1) is 7.67. The molecule has 0 N–H and O–H groups in total. The molecule has 0 aliphatic rings. The lowest BCUT2D eigenvalue weighted by atomic mass is 9.95. The lowest BCUT2D eigenvalue weighted by Crippen LogP contribution is -2.13. The summed E-state index contributed by atoms with van der Waals surface area (Å²) in [5.74, 6) is -0.800. The van der Waals surface area contributed by atoms with Crippen molar-refractivity contribution in [2.75, 3.05) is 14.2 Å². The van der Waals surface area contributed by atoms with E-state index in [2.05, 4.69) is 9.47 Å². The van der Waals surface area contributed by atoms with Crippen molar-refractivity contribution in [1.82, 2.24) is 0 Å². The van der Waals surface area contributed by atoms with Crippen LogP contribution in [0, 0.1) is 0 Å². The molecule has 0 fully saturated rings. The minimum Gasteiger partial charge on any atom is -0.469 e. The SMILES string of the molecule is COC(=O)CC(CC(=O)OC)c1ccsc1. The van der Waals surface area contributed by atoms with Crippen molar-refractivity contribution < 1.29 is 19.1 Å². The van der Waals surface area contributed by atoms with Gasteiger partial charge in [0.25, 0.3) is 0 Å². The molecule has 5 heteroatoms. The Bertz CT molecular complexity index is 327. The molecule has 0 amide bonds. The van der Waals surface area contributed by atoms with Crippen LogP contribution in [0.1, 0.15) is 24.3 Å².